The highest BCUT2D eigenvalue weighted by molar-refractivity contribution is 7.10. The Kier molecular flexibility index (Phi) is 4.58. The predicted molar refractivity (Wildman–Crippen MR) is 90.9 cm³/mol. The lowest BCUT2D eigenvalue weighted by molar-refractivity contribution is 0.169. The number of hydrogen-bond acceptors (Lipinski definition) is 4. The van der Waals surface area contributed by atoms with E-state index < -0.39 is 0 Å². The Balaban J connectivity index is 1.67. The van der Waals surface area contributed by atoms with E-state index in [1.807, 2.05) is 11.3 Å². The van der Waals surface area contributed by atoms with Crippen molar-refractivity contribution in [3.8, 4) is 0 Å². The maximum atomic E-state index is 6.26. The molecule has 21 heavy (non-hydrogen) atoms. The molecule has 1 aromatic carbocycles. The second kappa shape index (κ2) is 6.60. The predicted octanol–water partition coefficient (Wildman–Crippen LogP) is 2.96. The van der Waals surface area contributed by atoms with Crippen molar-refractivity contribution < 1.29 is 0 Å². The fourth-order valence-corrected chi connectivity index (χ4v) is 4.10. The first-order valence-corrected chi connectivity index (χ1v) is 8.46. The van der Waals surface area contributed by atoms with Crippen LogP contribution in [0, 0.1) is 0 Å². The zero-order valence-corrected chi connectivity index (χ0v) is 13.3. The summed E-state index contributed by atoms with van der Waals surface area (Å²) in [7, 11) is 0. The summed E-state index contributed by atoms with van der Waals surface area (Å²) in [5.74, 6) is 0. The number of hydrogen-bond donors (Lipinski definition) is 1. The van der Waals surface area contributed by atoms with Crippen molar-refractivity contribution in [2.45, 2.75) is 19.0 Å². The van der Waals surface area contributed by atoms with Gasteiger partial charge in [-0.25, -0.2) is 0 Å². The maximum Gasteiger partial charge on any atom is 0.0591 e. The third-order valence-electron chi connectivity index (χ3n) is 4.16. The van der Waals surface area contributed by atoms with Crippen LogP contribution in [0.5, 0.6) is 0 Å². The number of rotatable bonds is 4. The lowest BCUT2D eigenvalue weighted by Crippen LogP contribution is -2.50. The molecule has 2 aromatic rings. The Hall–Kier alpha value is -1.36. The molecule has 2 atom stereocenters. The number of anilines is 1. The first-order valence-electron chi connectivity index (χ1n) is 7.59. The highest BCUT2D eigenvalue weighted by Crippen LogP contribution is 2.29. The molecule has 2 N–H and O–H groups in total. The second-order valence-electron chi connectivity index (χ2n) is 5.68. The van der Waals surface area contributed by atoms with Gasteiger partial charge in [0.2, 0.25) is 0 Å². The van der Waals surface area contributed by atoms with Crippen LogP contribution < -0.4 is 10.6 Å². The van der Waals surface area contributed by atoms with Gasteiger partial charge in [0, 0.05) is 42.8 Å². The monoisotopic (exact) mass is 301 g/mol. The molecule has 0 bridgehead atoms. The molecular formula is C17H23N3S. The van der Waals surface area contributed by atoms with Crippen molar-refractivity contribution >= 4 is 17.0 Å². The summed E-state index contributed by atoms with van der Waals surface area (Å²) in [5.41, 5.74) is 7.58. The second-order valence-corrected chi connectivity index (χ2v) is 6.66. The van der Waals surface area contributed by atoms with Crippen LogP contribution in [-0.4, -0.2) is 37.1 Å². The van der Waals surface area contributed by atoms with Crippen LogP contribution in [0.25, 0.3) is 0 Å². The molecule has 0 saturated carbocycles. The van der Waals surface area contributed by atoms with Gasteiger partial charge in [-0.05, 0) is 30.5 Å². The van der Waals surface area contributed by atoms with E-state index >= 15 is 0 Å². The van der Waals surface area contributed by atoms with Crippen LogP contribution in [0.4, 0.5) is 5.69 Å². The minimum atomic E-state index is 0.159. The van der Waals surface area contributed by atoms with Crippen molar-refractivity contribution in [2.24, 2.45) is 5.73 Å². The Bertz CT molecular complexity index is 530. The normalized spacial score (nSPS) is 19.4. The summed E-state index contributed by atoms with van der Waals surface area (Å²) < 4.78 is 0. The molecule has 0 amide bonds. The summed E-state index contributed by atoms with van der Waals surface area (Å²) >= 11 is 1.81. The van der Waals surface area contributed by atoms with Crippen LogP contribution >= 0.6 is 11.3 Å². The molecule has 1 aliphatic heterocycles. The number of nitrogens with zero attached hydrogens (tertiary/aromatic N) is 2. The van der Waals surface area contributed by atoms with Gasteiger partial charge in [0.15, 0.2) is 0 Å². The number of thiophene rings is 1. The van der Waals surface area contributed by atoms with Crippen LogP contribution in [-0.2, 0) is 0 Å². The molecule has 3 nitrogen and oxygen atoms in total. The molecule has 1 aliphatic rings. The maximum absolute atomic E-state index is 6.26. The van der Waals surface area contributed by atoms with Gasteiger partial charge >= 0.3 is 0 Å². The summed E-state index contributed by atoms with van der Waals surface area (Å²) in [6.07, 6.45) is 0. The van der Waals surface area contributed by atoms with Crippen molar-refractivity contribution in [3.05, 3.63) is 52.7 Å². The molecule has 0 aliphatic carbocycles. The Morgan fingerprint density at radius 2 is 1.71 bits per heavy atom. The smallest absolute Gasteiger partial charge is 0.0591 e. The molecule has 1 saturated heterocycles. The van der Waals surface area contributed by atoms with Crippen LogP contribution in [0.15, 0.2) is 47.8 Å². The summed E-state index contributed by atoms with van der Waals surface area (Å²) in [4.78, 5) is 6.39. The van der Waals surface area contributed by atoms with Crippen molar-refractivity contribution in [3.63, 3.8) is 0 Å². The third kappa shape index (κ3) is 3.28. The molecule has 2 heterocycles. The summed E-state index contributed by atoms with van der Waals surface area (Å²) in [6, 6.07) is 15.5. The average molecular weight is 301 g/mol. The topological polar surface area (TPSA) is 32.5 Å². The van der Waals surface area contributed by atoms with Crippen molar-refractivity contribution in [1.29, 1.82) is 0 Å². The van der Waals surface area contributed by atoms with Crippen molar-refractivity contribution in [2.75, 3.05) is 31.1 Å². The van der Waals surface area contributed by atoms with E-state index in [1.165, 1.54) is 10.6 Å². The standard InChI is InChI=1S/C17H23N3S/c1-14(18)17(16-8-5-13-21-16)20-11-9-19(10-12-20)15-6-3-2-4-7-15/h2-8,13-14,17H,9-12,18H2,1H3. The molecule has 1 aromatic heterocycles. The van der Waals surface area contributed by atoms with Gasteiger partial charge in [0.1, 0.15) is 0 Å². The van der Waals surface area contributed by atoms with E-state index in [-0.39, 0.29) is 6.04 Å². The van der Waals surface area contributed by atoms with Gasteiger partial charge in [-0.1, -0.05) is 24.3 Å². The lowest BCUT2D eigenvalue weighted by Gasteiger charge is -2.41. The summed E-state index contributed by atoms with van der Waals surface area (Å²) in [6.45, 7) is 6.39. The van der Waals surface area contributed by atoms with Crippen molar-refractivity contribution in [1.82, 2.24) is 4.90 Å². The van der Waals surface area contributed by atoms with E-state index in [2.05, 4.69) is 64.6 Å². The molecule has 112 valence electrons. The van der Waals surface area contributed by atoms with Gasteiger partial charge in [-0.2, -0.15) is 0 Å². The zero-order chi connectivity index (χ0) is 14.7. The fraction of sp³-hybridized carbons (Fsp3) is 0.412. The lowest BCUT2D eigenvalue weighted by atomic mass is 10.1. The fourth-order valence-electron chi connectivity index (χ4n) is 3.13. The minimum absolute atomic E-state index is 0.159. The van der Waals surface area contributed by atoms with Crippen LogP contribution in [0.2, 0.25) is 0 Å². The minimum Gasteiger partial charge on any atom is -0.369 e. The van der Waals surface area contributed by atoms with Crippen LogP contribution in [0.1, 0.15) is 17.8 Å². The molecule has 2 unspecified atom stereocenters. The third-order valence-corrected chi connectivity index (χ3v) is 5.10. The van der Waals surface area contributed by atoms with Gasteiger partial charge in [0.05, 0.1) is 6.04 Å². The van der Waals surface area contributed by atoms with Gasteiger partial charge in [0.25, 0.3) is 0 Å². The molecular weight excluding hydrogens is 278 g/mol. The first-order chi connectivity index (χ1) is 10.3. The van der Waals surface area contributed by atoms with E-state index in [4.69, 9.17) is 5.73 Å². The van der Waals surface area contributed by atoms with Gasteiger partial charge in [-0.3, -0.25) is 4.90 Å². The quantitative estimate of drug-likeness (QED) is 0.942. The molecule has 3 rings (SSSR count). The number of para-hydroxylation sites is 1. The summed E-state index contributed by atoms with van der Waals surface area (Å²) in [5, 5.41) is 2.14. The highest BCUT2D eigenvalue weighted by atomic mass is 32.1. The van der Waals surface area contributed by atoms with E-state index in [1.54, 1.807) is 0 Å². The number of piperazine rings is 1. The zero-order valence-electron chi connectivity index (χ0n) is 12.5. The van der Waals surface area contributed by atoms with E-state index in [0.29, 0.717) is 6.04 Å². The molecule has 0 radical (unpaired) electrons. The molecule has 0 spiro atoms. The first kappa shape index (κ1) is 14.6. The Labute approximate surface area is 131 Å². The molecule has 4 heteroatoms. The number of nitrogens with two attached hydrogens (primary N) is 1. The Morgan fingerprint density at radius 1 is 1.00 bits per heavy atom. The highest BCUT2D eigenvalue weighted by Gasteiger charge is 2.28. The van der Waals surface area contributed by atoms with E-state index in [9.17, 15) is 0 Å². The SMILES string of the molecule is CC(N)C(c1cccs1)N1CCN(c2ccccc2)CC1. The van der Waals surface area contributed by atoms with Gasteiger partial charge < -0.3 is 10.6 Å². The largest absolute Gasteiger partial charge is 0.369 e. The molecule has 1 fully saturated rings. The number of benzene rings is 1. The average Bonchev–Trinajstić information content (AvgIpc) is 3.03. The Morgan fingerprint density at radius 3 is 2.29 bits per heavy atom. The van der Waals surface area contributed by atoms with Crippen LogP contribution in [0.3, 0.4) is 0 Å². The van der Waals surface area contributed by atoms with Gasteiger partial charge in [-0.15, -0.1) is 11.3 Å². The van der Waals surface area contributed by atoms with E-state index in [0.717, 1.165) is 26.2 Å².